The highest BCUT2D eigenvalue weighted by molar-refractivity contribution is 14.0. The maximum atomic E-state index is 4.44. The fourth-order valence-electron chi connectivity index (χ4n) is 2.40. The summed E-state index contributed by atoms with van der Waals surface area (Å²) in [5.74, 6) is 1.78. The highest BCUT2D eigenvalue weighted by atomic mass is 127. The summed E-state index contributed by atoms with van der Waals surface area (Å²) >= 11 is 1.81. The van der Waals surface area contributed by atoms with Crippen molar-refractivity contribution in [2.45, 2.75) is 52.0 Å². The zero-order chi connectivity index (χ0) is 14.4. The van der Waals surface area contributed by atoms with E-state index in [4.69, 9.17) is 0 Å². The van der Waals surface area contributed by atoms with Crippen LogP contribution in [-0.4, -0.2) is 30.6 Å². The van der Waals surface area contributed by atoms with E-state index in [0.29, 0.717) is 6.04 Å². The molecule has 1 aliphatic rings. The number of hydrogen-bond acceptors (Lipinski definition) is 3. The molecule has 0 aliphatic heterocycles. The van der Waals surface area contributed by atoms with E-state index in [2.05, 4.69) is 34.5 Å². The molecule has 0 aromatic carbocycles. The molecule has 4 nitrogen and oxygen atoms in total. The highest BCUT2D eigenvalue weighted by Gasteiger charge is 2.36. The lowest BCUT2D eigenvalue weighted by molar-refractivity contribution is 0.655. The van der Waals surface area contributed by atoms with Gasteiger partial charge >= 0.3 is 0 Å². The summed E-state index contributed by atoms with van der Waals surface area (Å²) in [5.41, 5.74) is 0. The zero-order valence-electron chi connectivity index (χ0n) is 13.2. The zero-order valence-corrected chi connectivity index (χ0v) is 16.3. The first kappa shape index (κ1) is 18.7. The Morgan fingerprint density at radius 1 is 1.48 bits per heavy atom. The van der Waals surface area contributed by atoms with Crippen molar-refractivity contribution in [2.24, 2.45) is 10.9 Å². The molecule has 0 radical (unpaired) electrons. The fourth-order valence-corrected chi connectivity index (χ4v) is 3.26. The average molecular weight is 422 g/mol. The Hall–Kier alpha value is -0.370. The van der Waals surface area contributed by atoms with Gasteiger partial charge in [0.15, 0.2) is 5.96 Å². The van der Waals surface area contributed by atoms with Crippen LogP contribution >= 0.6 is 35.3 Å². The van der Waals surface area contributed by atoms with Gasteiger partial charge in [-0.2, -0.15) is 0 Å². The van der Waals surface area contributed by atoms with Gasteiger partial charge in [0.05, 0.1) is 5.01 Å². The molecular formula is C15H27IN4S. The van der Waals surface area contributed by atoms with E-state index < -0.39 is 0 Å². The Balaban J connectivity index is 0.00000220. The molecule has 2 unspecified atom stereocenters. The van der Waals surface area contributed by atoms with Crippen molar-refractivity contribution in [1.29, 1.82) is 0 Å². The number of thiazole rings is 1. The second kappa shape index (κ2) is 9.61. The molecule has 2 atom stereocenters. The molecule has 120 valence electrons. The molecule has 1 aromatic heterocycles. The van der Waals surface area contributed by atoms with Crippen LogP contribution in [0.4, 0.5) is 0 Å². The molecule has 1 fully saturated rings. The Morgan fingerprint density at radius 2 is 2.29 bits per heavy atom. The van der Waals surface area contributed by atoms with Gasteiger partial charge in [-0.3, -0.25) is 4.99 Å². The van der Waals surface area contributed by atoms with E-state index in [0.717, 1.165) is 31.3 Å². The molecule has 1 aliphatic carbocycles. The van der Waals surface area contributed by atoms with E-state index in [1.165, 1.54) is 29.1 Å². The van der Waals surface area contributed by atoms with E-state index in [1.807, 2.05) is 24.6 Å². The summed E-state index contributed by atoms with van der Waals surface area (Å²) in [4.78, 5) is 10.1. The number of aromatic nitrogens is 1. The number of aliphatic imine (C=N–C) groups is 1. The molecule has 1 aromatic rings. The van der Waals surface area contributed by atoms with E-state index in [-0.39, 0.29) is 24.0 Å². The van der Waals surface area contributed by atoms with E-state index in [9.17, 15) is 0 Å². The predicted molar refractivity (Wildman–Crippen MR) is 102 cm³/mol. The van der Waals surface area contributed by atoms with Crippen molar-refractivity contribution in [2.75, 3.05) is 13.6 Å². The molecule has 21 heavy (non-hydrogen) atoms. The van der Waals surface area contributed by atoms with Gasteiger partial charge in [-0.1, -0.05) is 20.3 Å². The van der Waals surface area contributed by atoms with Gasteiger partial charge in [0.1, 0.15) is 0 Å². The van der Waals surface area contributed by atoms with E-state index >= 15 is 0 Å². The van der Waals surface area contributed by atoms with E-state index in [1.54, 1.807) is 0 Å². The summed E-state index contributed by atoms with van der Waals surface area (Å²) in [5, 5.41) is 8.09. The Morgan fingerprint density at radius 3 is 2.90 bits per heavy atom. The predicted octanol–water partition coefficient (Wildman–Crippen LogP) is 3.22. The number of guanidine groups is 1. The molecule has 0 amide bonds. The van der Waals surface area contributed by atoms with Gasteiger partial charge in [-0.05, 0) is 25.2 Å². The molecule has 0 bridgehead atoms. The van der Waals surface area contributed by atoms with Crippen LogP contribution in [0.3, 0.4) is 0 Å². The van der Waals surface area contributed by atoms with Crippen molar-refractivity contribution >= 4 is 41.3 Å². The molecule has 0 saturated heterocycles. The number of aryl methyl sites for hydroxylation is 1. The third kappa shape index (κ3) is 6.10. The lowest BCUT2D eigenvalue weighted by atomic mass is 10.2. The minimum absolute atomic E-state index is 0. The van der Waals surface area contributed by atoms with Crippen molar-refractivity contribution in [3.63, 3.8) is 0 Å². The summed E-state index contributed by atoms with van der Waals surface area (Å²) in [6, 6.07) is 0.632. The van der Waals surface area contributed by atoms with Gasteiger partial charge in [0.2, 0.25) is 0 Å². The monoisotopic (exact) mass is 422 g/mol. The molecule has 1 saturated carbocycles. The summed E-state index contributed by atoms with van der Waals surface area (Å²) < 4.78 is 0. The van der Waals surface area contributed by atoms with Crippen LogP contribution in [-0.2, 0) is 12.8 Å². The third-order valence-electron chi connectivity index (χ3n) is 3.71. The molecule has 2 N–H and O–H groups in total. The topological polar surface area (TPSA) is 49.3 Å². The lowest BCUT2D eigenvalue weighted by Gasteiger charge is -2.11. The SMILES string of the molecule is CCCC1CC1NC(=NC)NCCc1ncc(CC)s1.I. The lowest BCUT2D eigenvalue weighted by Crippen LogP contribution is -2.40. The maximum absolute atomic E-state index is 4.44. The first-order valence-corrected chi connectivity index (χ1v) is 8.49. The second-order valence-corrected chi connectivity index (χ2v) is 6.56. The number of halogens is 1. The minimum atomic E-state index is 0. The highest BCUT2D eigenvalue weighted by Crippen LogP contribution is 2.34. The Kier molecular flexibility index (Phi) is 8.55. The summed E-state index contributed by atoms with van der Waals surface area (Å²) in [6.07, 6.45) is 7.93. The van der Waals surface area contributed by atoms with Crippen LogP contribution < -0.4 is 10.6 Å². The minimum Gasteiger partial charge on any atom is -0.356 e. The number of rotatable bonds is 7. The summed E-state index contributed by atoms with van der Waals surface area (Å²) in [7, 11) is 1.84. The van der Waals surface area contributed by atoms with Crippen LogP contribution in [0.15, 0.2) is 11.2 Å². The maximum Gasteiger partial charge on any atom is 0.191 e. The molecular weight excluding hydrogens is 395 g/mol. The molecule has 1 heterocycles. The van der Waals surface area contributed by atoms with Crippen LogP contribution in [0.1, 0.15) is 43.0 Å². The van der Waals surface area contributed by atoms with Gasteiger partial charge in [-0.25, -0.2) is 4.98 Å². The van der Waals surface area contributed by atoms with Gasteiger partial charge in [-0.15, -0.1) is 35.3 Å². The number of hydrogen-bond donors (Lipinski definition) is 2. The van der Waals surface area contributed by atoms with Gasteiger partial charge in [0.25, 0.3) is 0 Å². The second-order valence-electron chi connectivity index (χ2n) is 5.36. The first-order valence-electron chi connectivity index (χ1n) is 7.67. The molecule has 6 heteroatoms. The van der Waals surface area contributed by atoms with Crippen molar-refractivity contribution < 1.29 is 0 Å². The Labute approximate surface area is 149 Å². The number of nitrogens with zero attached hydrogens (tertiary/aromatic N) is 2. The van der Waals surface area contributed by atoms with Crippen LogP contribution in [0.2, 0.25) is 0 Å². The normalized spacial score (nSPS) is 20.8. The van der Waals surface area contributed by atoms with Crippen LogP contribution in [0.5, 0.6) is 0 Å². The smallest absolute Gasteiger partial charge is 0.191 e. The number of nitrogens with one attached hydrogen (secondary N) is 2. The average Bonchev–Trinajstić information content (AvgIpc) is 3.01. The standard InChI is InChI=1S/C15H26N4S.HI/c1-4-6-11-9-13(11)19-15(16-3)17-8-7-14-18-10-12(5-2)20-14;/h10-11,13H,4-9H2,1-3H3,(H2,16,17,19);1H. The van der Waals surface area contributed by atoms with Crippen molar-refractivity contribution in [3.8, 4) is 0 Å². The van der Waals surface area contributed by atoms with Gasteiger partial charge < -0.3 is 10.6 Å². The van der Waals surface area contributed by atoms with Crippen molar-refractivity contribution in [3.05, 3.63) is 16.1 Å². The van der Waals surface area contributed by atoms with Crippen LogP contribution in [0.25, 0.3) is 0 Å². The largest absolute Gasteiger partial charge is 0.356 e. The quantitative estimate of drug-likeness (QED) is 0.403. The molecule has 2 rings (SSSR count). The first-order chi connectivity index (χ1) is 9.76. The van der Waals surface area contributed by atoms with Crippen LogP contribution in [0, 0.1) is 5.92 Å². The Bertz CT molecular complexity index is 447. The van der Waals surface area contributed by atoms with Gasteiger partial charge in [0, 0.05) is 37.1 Å². The fraction of sp³-hybridized carbons (Fsp3) is 0.733. The van der Waals surface area contributed by atoms with Crippen molar-refractivity contribution in [1.82, 2.24) is 15.6 Å². The molecule has 0 spiro atoms. The summed E-state index contributed by atoms with van der Waals surface area (Å²) in [6.45, 7) is 5.31. The third-order valence-corrected chi connectivity index (χ3v) is 4.91.